The van der Waals surface area contributed by atoms with Crippen LogP contribution in [0.2, 0.25) is 0 Å². The molecule has 1 aliphatic rings. The van der Waals surface area contributed by atoms with Gasteiger partial charge in [0.1, 0.15) is 5.54 Å². The Hall–Kier alpha value is -1.79. The van der Waals surface area contributed by atoms with E-state index < -0.39 is 17.5 Å². The fourth-order valence-electron chi connectivity index (χ4n) is 3.04. The third kappa shape index (κ3) is 3.86. The quantitative estimate of drug-likeness (QED) is 0.599. The first-order chi connectivity index (χ1) is 9.84. The average Bonchev–Trinajstić information content (AvgIpc) is 2.41. The first kappa shape index (κ1) is 17.3. The lowest BCUT2D eigenvalue weighted by Crippen LogP contribution is -2.65. The number of carboxylic acids is 1. The van der Waals surface area contributed by atoms with Crippen molar-refractivity contribution < 1.29 is 19.5 Å². The lowest BCUT2D eigenvalue weighted by Gasteiger charge is -2.44. The largest absolute Gasteiger partial charge is 0.479 e. The van der Waals surface area contributed by atoms with E-state index in [9.17, 15) is 19.5 Å². The van der Waals surface area contributed by atoms with E-state index >= 15 is 0 Å². The Morgan fingerprint density at radius 1 is 1.14 bits per heavy atom. The number of rotatable bonds is 5. The molecule has 1 fully saturated rings. The normalized spacial score (nSPS) is 28.5. The fourth-order valence-corrected chi connectivity index (χ4v) is 3.04. The Labute approximate surface area is 124 Å². The lowest BCUT2D eigenvalue weighted by molar-refractivity contribution is -0.151. The van der Waals surface area contributed by atoms with Crippen LogP contribution in [0.3, 0.4) is 0 Å². The highest BCUT2D eigenvalue weighted by Gasteiger charge is 2.51. The van der Waals surface area contributed by atoms with Crippen molar-refractivity contribution in [2.24, 2.45) is 11.8 Å². The van der Waals surface area contributed by atoms with Gasteiger partial charge in [-0.15, -0.1) is 0 Å². The zero-order valence-electron chi connectivity index (χ0n) is 12.9. The van der Waals surface area contributed by atoms with Gasteiger partial charge in [0, 0.05) is 6.54 Å². The van der Waals surface area contributed by atoms with E-state index in [2.05, 4.69) is 16.0 Å². The molecule has 7 nitrogen and oxygen atoms in total. The second-order valence-electron chi connectivity index (χ2n) is 5.67. The molecule has 0 aromatic carbocycles. The van der Waals surface area contributed by atoms with Gasteiger partial charge in [-0.05, 0) is 31.6 Å². The Bertz CT molecular complexity index is 401. The standard InChI is InChI=1S/C14H25N3O4/c1-4-15-11(18)8-16-13(21)17-14(12(19)20)9(2)6-5-7-10(14)3/h9-10H,4-8H2,1-3H3,(H,15,18)(H,19,20)(H2,16,17,21). The molecular formula is C14H25N3O4. The molecular weight excluding hydrogens is 274 g/mol. The molecule has 0 aliphatic heterocycles. The van der Waals surface area contributed by atoms with Crippen LogP contribution in [0.1, 0.15) is 40.0 Å². The van der Waals surface area contributed by atoms with Crippen molar-refractivity contribution in [2.45, 2.75) is 45.6 Å². The number of carbonyl (C=O) groups is 3. The summed E-state index contributed by atoms with van der Waals surface area (Å²) in [6.45, 7) is 5.78. The molecule has 0 radical (unpaired) electrons. The molecule has 0 aromatic heterocycles. The molecule has 0 bridgehead atoms. The van der Waals surface area contributed by atoms with Gasteiger partial charge < -0.3 is 21.1 Å². The van der Waals surface area contributed by atoms with Crippen molar-refractivity contribution in [2.75, 3.05) is 13.1 Å². The first-order valence-electron chi connectivity index (χ1n) is 7.40. The second kappa shape index (κ2) is 7.28. The molecule has 0 heterocycles. The molecule has 4 N–H and O–H groups in total. The van der Waals surface area contributed by atoms with Crippen LogP contribution in [-0.2, 0) is 9.59 Å². The third-order valence-corrected chi connectivity index (χ3v) is 4.29. The summed E-state index contributed by atoms with van der Waals surface area (Å²) in [5, 5.41) is 17.2. The molecule has 1 aliphatic carbocycles. The summed E-state index contributed by atoms with van der Waals surface area (Å²) in [5.74, 6) is -1.64. The van der Waals surface area contributed by atoms with Crippen LogP contribution < -0.4 is 16.0 Å². The van der Waals surface area contributed by atoms with Gasteiger partial charge >= 0.3 is 12.0 Å². The summed E-state index contributed by atoms with van der Waals surface area (Å²) in [6.07, 6.45) is 2.47. The number of urea groups is 1. The molecule has 2 atom stereocenters. The van der Waals surface area contributed by atoms with E-state index in [0.717, 1.165) is 19.3 Å². The van der Waals surface area contributed by atoms with E-state index in [1.807, 2.05) is 13.8 Å². The molecule has 0 spiro atoms. The number of hydrogen-bond donors (Lipinski definition) is 4. The SMILES string of the molecule is CCNC(=O)CNC(=O)NC1(C(=O)O)C(C)CCCC1C. The highest BCUT2D eigenvalue weighted by molar-refractivity contribution is 5.89. The van der Waals surface area contributed by atoms with Gasteiger partial charge in [-0.25, -0.2) is 9.59 Å². The maximum Gasteiger partial charge on any atom is 0.330 e. The maximum atomic E-state index is 12.0. The highest BCUT2D eigenvalue weighted by atomic mass is 16.4. The van der Waals surface area contributed by atoms with Crippen LogP contribution in [0, 0.1) is 11.8 Å². The molecule has 21 heavy (non-hydrogen) atoms. The Morgan fingerprint density at radius 3 is 2.19 bits per heavy atom. The Morgan fingerprint density at radius 2 is 1.71 bits per heavy atom. The number of carbonyl (C=O) groups excluding carboxylic acids is 2. The topological polar surface area (TPSA) is 108 Å². The number of amides is 3. The summed E-state index contributed by atoms with van der Waals surface area (Å²) in [5.41, 5.74) is -1.27. The molecule has 0 saturated heterocycles. The van der Waals surface area contributed by atoms with E-state index in [0.29, 0.717) is 6.54 Å². The highest BCUT2D eigenvalue weighted by Crippen LogP contribution is 2.38. The minimum atomic E-state index is -1.27. The maximum absolute atomic E-state index is 12.0. The van der Waals surface area contributed by atoms with Crippen molar-refractivity contribution >= 4 is 17.9 Å². The monoisotopic (exact) mass is 299 g/mol. The van der Waals surface area contributed by atoms with E-state index in [4.69, 9.17) is 0 Å². The number of likely N-dealkylation sites (N-methyl/N-ethyl adjacent to an activating group) is 1. The third-order valence-electron chi connectivity index (χ3n) is 4.29. The van der Waals surface area contributed by atoms with E-state index in [1.165, 1.54) is 0 Å². The lowest BCUT2D eigenvalue weighted by atomic mass is 9.67. The van der Waals surface area contributed by atoms with Gasteiger partial charge in [0.15, 0.2) is 0 Å². The molecule has 2 unspecified atom stereocenters. The van der Waals surface area contributed by atoms with Crippen LogP contribution in [0.5, 0.6) is 0 Å². The molecule has 1 rings (SSSR count). The predicted octanol–water partition coefficient (Wildman–Crippen LogP) is 0.701. The van der Waals surface area contributed by atoms with Crippen molar-refractivity contribution in [1.29, 1.82) is 0 Å². The summed E-state index contributed by atoms with van der Waals surface area (Å²) < 4.78 is 0. The van der Waals surface area contributed by atoms with Crippen LogP contribution in [0.25, 0.3) is 0 Å². The van der Waals surface area contributed by atoms with Gasteiger partial charge in [-0.2, -0.15) is 0 Å². The second-order valence-corrected chi connectivity index (χ2v) is 5.67. The van der Waals surface area contributed by atoms with Gasteiger partial charge in [0.25, 0.3) is 0 Å². The summed E-state index contributed by atoms with van der Waals surface area (Å²) >= 11 is 0. The zero-order chi connectivity index (χ0) is 16.0. The number of hydrogen-bond acceptors (Lipinski definition) is 3. The van der Waals surface area contributed by atoms with Crippen molar-refractivity contribution in [1.82, 2.24) is 16.0 Å². The molecule has 3 amide bonds. The number of aliphatic carboxylic acids is 1. The first-order valence-corrected chi connectivity index (χ1v) is 7.40. The van der Waals surface area contributed by atoms with Gasteiger partial charge in [-0.3, -0.25) is 4.79 Å². The number of carboxylic acid groups (broad SMARTS) is 1. The van der Waals surface area contributed by atoms with E-state index in [1.54, 1.807) is 6.92 Å². The van der Waals surface area contributed by atoms with Crippen LogP contribution >= 0.6 is 0 Å². The number of nitrogens with one attached hydrogen (secondary N) is 3. The summed E-state index contributed by atoms with van der Waals surface area (Å²) in [6, 6.07) is -0.621. The molecule has 7 heteroatoms. The molecule has 0 aromatic rings. The predicted molar refractivity (Wildman–Crippen MR) is 77.8 cm³/mol. The Balaban J connectivity index is 2.72. The minimum Gasteiger partial charge on any atom is -0.479 e. The smallest absolute Gasteiger partial charge is 0.330 e. The average molecular weight is 299 g/mol. The summed E-state index contributed by atoms with van der Waals surface area (Å²) in [7, 11) is 0. The van der Waals surface area contributed by atoms with Crippen LogP contribution in [0.4, 0.5) is 4.79 Å². The van der Waals surface area contributed by atoms with Gasteiger partial charge in [-0.1, -0.05) is 20.3 Å². The molecule has 1 saturated carbocycles. The van der Waals surface area contributed by atoms with Gasteiger partial charge in [0.2, 0.25) is 5.91 Å². The van der Waals surface area contributed by atoms with Crippen molar-refractivity contribution in [3.8, 4) is 0 Å². The summed E-state index contributed by atoms with van der Waals surface area (Å²) in [4.78, 5) is 35.0. The minimum absolute atomic E-state index is 0.158. The van der Waals surface area contributed by atoms with Crippen molar-refractivity contribution in [3.63, 3.8) is 0 Å². The zero-order valence-corrected chi connectivity index (χ0v) is 12.9. The molecule has 120 valence electrons. The van der Waals surface area contributed by atoms with Gasteiger partial charge in [0.05, 0.1) is 6.54 Å². The van der Waals surface area contributed by atoms with Crippen molar-refractivity contribution in [3.05, 3.63) is 0 Å². The van der Waals surface area contributed by atoms with E-state index in [-0.39, 0.29) is 24.3 Å². The fraction of sp³-hybridized carbons (Fsp3) is 0.786. The van der Waals surface area contributed by atoms with Crippen LogP contribution in [-0.4, -0.2) is 41.6 Å². The van der Waals surface area contributed by atoms with Crippen LogP contribution in [0.15, 0.2) is 0 Å². The Kier molecular flexibility index (Phi) is 5.99.